The lowest BCUT2D eigenvalue weighted by atomic mass is 10.2. The molecule has 0 aliphatic heterocycles. The highest BCUT2D eigenvalue weighted by Crippen LogP contribution is 2.11. The Labute approximate surface area is 107 Å². The number of nitrogens with zero attached hydrogens (tertiary/aromatic N) is 4. The summed E-state index contributed by atoms with van der Waals surface area (Å²) in [6.07, 6.45) is 4.75. The van der Waals surface area contributed by atoms with E-state index in [1.165, 1.54) is 5.56 Å². The van der Waals surface area contributed by atoms with Crippen molar-refractivity contribution in [2.45, 2.75) is 33.7 Å². The Morgan fingerprint density at radius 3 is 2.72 bits per heavy atom. The molecule has 0 saturated heterocycles. The maximum Gasteiger partial charge on any atom is 0.145 e. The van der Waals surface area contributed by atoms with Crippen LogP contribution in [0.1, 0.15) is 29.6 Å². The molecule has 0 atom stereocenters. The van der Waals surface area contributed by atoms with Crippen molar-refractivity contribution in [2.75, 3.05) is 5.32 Å². The molecular weight excluding hydrogens is 226 g/mol. The largest absolute Gasteiger partial charge is 0.365 e. The number of rotatable bonds is 4. The van der Waals surface area contributed by atoms with E-state index in [-0.39, 0.29) is 0 Å². The number of aryl methyl sites for hydroxylation is 4. The maximum atomic E-state index is 4.45. The second-order valence-electron chi connectivity index (χ2n) is 4.41. The van der Waals surface area contributed by atoms with E-state index in [0.717, 1.165) is 35.9 Å². The van der Waals surface area contributed by atoms with E-state index < -0.39 is 0 Å². The first-order valence-electron chi connectivity index (χ1n) is 6.15. The molecule has 2 rings (SSSR count). The molecule has 0 aliphatic carbocycles. The predicted octanol–water partition coefficient (Wildman–Crippen LogP) is 2.00. The smallest absolute Gasteiger partial charge is 0.145 e. The van der Waals surface area contributed by atoms with Crippen LogP contribution >= 0.6 is 0 Å². The molecule has 18 heavy (non-hydrogen) atoms. The molecule has 0 spiro atoms. The van der Waals surface area contributed by atoms with E-state index in [4.69, 9.17) is 0 Å². The Bertz CT molecular complexity index is 544. The van der Waals surface area contributed by atoms with E-state index in [9.17, 15) is 0 Å². The molecule has 0 bridgehead atoms. The molecular formula is C13H19N5. The molecule has 2 aromatic rings. The van der Waals surface area contributed by atoms with Gasteiger partial charge in [0.15, 0.2) is 0 Å². The third kappa shape index (κ3) is 2.67. The van der Waals surface area contributed by atoms with Gasteiger partial charge in [0.05, 0.1) is 23.3 Å². The molecule has 0 fully saturated rings. The van der Waals surface area contributed by atoms with Crippen molar-refractivity contribution in [3.05, 3.63) is 35.0 Å². The van der Waals surface area contributed by atoms with Crippen molar-refractivity contribution in [3.63, 3.8) is 0 Å². The first kappa shape index (κ1) is 12.5. The molecule has 0 saturated carbocycles. The summed E-state index contributed by atoms with van der Waals surface area (Å²) in [6, 6.07) is 0. The number of nitrogens with one attached hydrogen (secondary N) is 1. The number of anilines is 1. The normalized spacial score (nSPS) is 10.7. The van der Waals surface area contributed by atoms with Gasteiger partial charge in [0.25, 0.3) is 0 Å². The number of hydrogen-bond donors (Lipinski definition) is 1. The highest BCUT2D eigenvalue weighted by atomic mass is 15.3. The molecule has 0 radical (unpaired) electrons. The van der Waals surface area contributed by atoms with Gasteiger partial charge in [-0.15, -0.1) is 0 Å². The minimum Gasteiger partial charge on any atom is -0.365 e. The highest BCUT2D eigenvalue weighted by Gasteiger charge is 2.06. The van der Waals surface area contributed by atoms with Gasteiger partial charge in [-0.1, -0.05) is 6.92 Å². The summed E-state index contributed by atoms with van der Waals surface area (Å²) >= 11 is 0. The SMILES string of the molecule is CCc1nn(C)cc1CNc1cnc(C)c(C)n1. The highest BCUT2D eigenvalue weighted by molar-refractivity contribution is 5.35. The van der Waals surface area contributed by atoms with Gasteiger partial charge in [-0.3, -0.25) is 9.67 Å². The molecule has 96 valence electrons. The number of hydrogen-bond acceptors (Lipinski definition) is 4. The Hall–Kier alpha value is -1.91. The van der Waals surface area contributed by atoms with E-state index >= 15 is 0 Å². The summed E-state index contributed by atoms with van der Waals surface area (Å²) in [6.45, 7) is 6.77. The average molecular weight is 245 g/mol. The topological polar surface area (TPSA) is 55.6 Å². The summed E-state index contributed by atoms with van der Waals surface area (Å²) in [7, 11) is 1.94. The average Bonchev–Trinajstić information content (AvgIpc) is 2.71. The van der Waals surface area contributed by atoms with Crippen molar-refractivity contribution in [1.82, 2.24) is 19.7 Å². The molecule has 5 heteroatoms. The third-order valence-corrected chi connectivity index (χ3v) is 2.98. The van der Waals surface area contributed by atoms with Crippen LogP contribution in [0.25, 0.3) is 0 Å². The van der Waals surface area contributed by atoms with E-state index in [2.05, 4.69) is 27.3 Å². The van der Waals surface area contributed by atoms with Crippen LogP contribution in [-0.4, -0.2) is 19.7 Å². The van der Waals surface area contributed by atoms with Gasteiger partial charge in [-0.2, -0.15) is 5.10 Å². The van der Waals surface area contributed by atoms with Crippen molar-refractivity contribution in [3.8, 4) is 0 Å². The van der Waals surface area contributed by atoms with Gasteiger partial charge < -0.3 is 5.32 Å². The lowest BCUT2D eigenvalue weighted by Crippen LogP contribution is -2.04. The molecule has 2 aromatic heterocycles. The van der Waals surface area contributed by atoms with E-state index in [0.29, 0.717) is 0 Å². The van der Waals surface area contributed by atoms with Crippen LogP contribution in [0, 0.1) is 13.8 Å². The molecule has 0 amide bonds. The maximum absolute atomic E-state index is 4.45. The zero-order valence-electron chi connectivity index (χ0n) is 11.4. The van der Waals surface area contributed by atoms with Gasteiger partial charge >= 0.3 is 0 Å². The second kappa shape index (κ2) is 5.16. The van der Waals surface area contributed by atoms with Gasteiger partial charge in [0.1, 0.15) is 5.82 Å². The van der Waals surface area contributed by atoms with Gasteiger partial charge in [-0.25, -0.2) is 4.98 Å². The molecule has 0 aliphatic rings. The lowest BCUT2D eigenvalue weighted by molar-refractivity contribution is 0.746. The predicted molar refractivity (Wildman–Crippen MR) is 71.4 cm³/mol. The Morgan fingerprint density at radius 2 is 2.06 bits per heavy atom. The third-order valence-electron chi connectivity index (χ3n) is 2.98. The van der Waals surface area contributed by atoms with E-state index in [1.54, 1.807) is 6.20 Å². The summed E-state index contributed by atoms with van der Waals surface area (Å²) in [4.78, 5) is 8.74. The minimum atomic E-state index is 0.730. The lowest BCUT2D eigenvalue weighted by Gasteiger charge is -2.06. The zero-order chi connectivity index (χ0) is 13.1. The summed E-state index contributed by atoms with van der Waals surface area (Å²) < 4.78 is 1.85. The summed E-state index contributed by atoms with van der Waals surface area (Å²) in [5, 5.41) is 7.70. The van der Waals surface area contributed by atoms with Gasteiger partial charge in [0.2, 0.25) is 0 Å². The fourth-order valence-corrected chi connectivity index (χ4v) is 1.84. The number of aromatic nitrogens is 4. The first-order chi connectivity index (χ1) is 8.60. The molecule has 2 heterocycles. The van der Waals surface area contributed by atoms with Gasteiger partial charge in [-0.05, 0) is 20.3 Å². The Kier molecular flexibility index (Phi) is 3.60. The van der Waals surface area contributed by atoms with Crippen LogP contribution in [0.2, 0.25) is 0 Å². The van der Waals surface area contributed by atoms with Crippen LogP contribution in [0.4, 0.5) is 5.82 Å². The first-order valence-corrected chi connectivity index (χ1v) is 6.15. The van der Waals surface area contributed by atoms with Crippen molar-refractivity contribution in [2.24, 2.45) is 7.05 Å². The van der Waals surface area contributed by atoms with Crippen LogP contribution in [0.5, 0.6) is 0 Å². The fourth-order valence-electron chi connectivity index (χ4n) is 1.84. The summed E-state index contributed by atoms with van der Waals surface area (Å²) in [5.41, 5.74) is 4.26. The van der Waals surface area contributed by atoms with Crippen molar-refractivity contribution >= 4 is 5.82 Å². The minimum absolute atomic E-state index is 0.730. The summed E-state index contributed by atoms with van der Waals surface area (Å²) in [5.74, 6) is 0.809. The fraction of sp³-hybridized carbons (Fsp3) is 0.462. The monoisotopic (exact) mass is 245 g/mol. The zero-order valence-corrected chi connectivity index (χ0v) is 11.4. The quantitative estimate of drug-likeness (QED) is 0.895. The Balaban J connectivity index is 2.08. The Morgan fingerprint density at radius 1 is 1.28 bits per heavy atom. The van der Waals surface area contributed by atoms with Crippen molar-refractivity contribution in [1.29, 1.82) is 0 Å². The molecule has 5 nitrogen and oxygen atoms in total. The van der Waals surface area contributed by atoms with Crippen LogP contribution in [0.15, 0.2) is 12.4 Å². The molecule has 0 aromatic carbocycles. The van der Waals surface area contributed by atoms with Crippen molar-refractivity contribution < 1.29 is 0 Å². The standard InChI is InChI=1S/C13H19N5/c1-5-12-11(8-18(4)17-12)6-15-13-7-14-9(2)10(3)16-13/h7-8H,5-6H2,1-4H3,(H,15,16). The second-order valence-corrected chi connectivity index (χ2v) is 4.41. The van der Waals surface area contributed by atoms with Crippen LogP contribution < -0.4 is 5.32 Å². The van der Waals surface area contributed by atoms with Crippen LogP contribution in [-0.2, 0) is 20.0 Å². The molecule has 1 N–H and O–H groups in total. The molecule has 0 unspecified atom stereocenters. The van der Waals surface area contributed by atoms with Gasteiger partial charge in [0, 0.05) is 25.4 Å². The van der Waals surface area contributed by atoms with E-state index in [1.807, 2.05) is 31.8 Å². The van der Waals surface area contributed by atoms with Crippen LogP contribution in [0.3, 0.4) is 0 Å².